The van der Waals surface area contributed by atoms with Crippen molar-refractivity contribution in [3.63, 3.8) is 0 Å². The van der Waals surface area contributed by atoms with E-state index in [4.69, 9.17) is 26.5 Å². The van der Waals surface area contributed by atoms with E-state index >= 15 is 0 Å². The minimum absolute atomic E-state index is 0.0147. The molecule has 0 bridgehead atoms. The summed E-state index contributed by atoms with van der Waals surface area (Å²) >= 11 is 8.61. The Morgan fingerprint density at radius 2 is 1.76 bits per heavy atom. The molecule has 0 fully saturated rings. The largest absolute Gasteiger partial charge is 0.507 e. The van der Waals surface area contributed by atoms with Crippen LogP contribution in [0.25, 0.3) is 32.8 Å². The zero-order valence-corrected chi connectivity index (χ0v) is 30.1. The maximum Gasteiger partial charge on any atom is 0.354 e. The maximum absolute atomic E-state index is 14.4. The Hall–Kier alpha value is -4.39. The third kappa shape index (κ3) is 6.47. The highest BCUT2D eigenvalue weighted by Gasteiger charge is 2.27. The first-order valence-electron chi connectivity index (χ1n) is 16.2. The lowest BCUT2D eigenvalue weighted by molar-refractivity contribution is 0.0587. The number of phenols is 1. The van der Waals surface area contributed by atoms with Gasteiger partial charge in [-0.3, -0.25) is 9.36 Å². The van der Waals surface area contributed by atoms with Crippen molar-refractivity contribution in [2.75, 3.05) is 13.7 Å². The van der Waals surface area contributed by atoms with Gasteiger partial charge in [-0.2, -0.15) is 10.2 Å². The Morgan fingerprint density at radius 3 is 2.50 bits per heavy atom. The van der Waals surface area contributed by atoms with E-state index in [0.29, 0.717) is 53.6 Å². The normalized spacial score (nSPS) is 11.7. The number of aliphatic hydroxyl groups is 1. The van der Waals surface area contributed by atoms with Crippen LogP contribution in [-0.2, 0) is 49.7 Å². The van der Waals surface area contributed by atoms with E-state index in [1.165, 1.54) is 13.2 Å². The summed E-state index contributed by atoms with van der Waals surface area (Å²) in [7, 11) is 5.12. The van der Waals surface area contributed by atoms with Crippen molar-refractivity contribution in [2.45, 2.75) is 51.2 Å². The van der Waals surface area contributed by atoms with E-state index in [2.05, 4.69) is 0 Å². The Labute approximate surface area is 297 Å². The van der Waals surface area contributed by atoms with Crippen LogP contribution in [-0.4, -0.2) is 54.0 Å². The predicted molar refractivity (Wildman–Crippen MR) is 193 cm³/mol. The molecule has 262 valence electrons. The Bertz CT molecular complexity index is 2260. The summed E-state index contributed by atoms with van der Waals surface area (Å²) in [6, 6.07) is 11.3. The molecule has 3 aromatic carbocycles. The van der Waals surface area contributed by atoms with Crippen LogP contribution in [0.4, 0.5) is 8.78 Å². The molecule has 6 aromatic rings. The minimum Gasteiger partial charge on any atom is -0.507 e. The molecular formula is C37H38ClF2N5O4S. The molecule has 50 heavy (non-hydrogen) atoms. The molecule has 0 aliphatic carbocycles. The van der Waals surface area contributed by atoms with Crippen molar-refractivity contribution >= 4 is 51.0 Å². The number of esters is 1. The number of thioether (sulfide) groups is 1. The van der Waals surface area contributed by atoms with Gasteiger partial charge in [-0.25, -0.2) is 13.6 Å². The molecule has 0 aliphatic heterocycles. The number of rotatable bonds is 12. The monoisotopic (exact) mass is 721 g/mol. The molecule has 0 aliphatic rings. The van der Waals surface area contributed by atoms with Gasteiger partial charge in [0.15, 0.2) is 11.6 Å². The van der Waals surface area contributed by atoms with Crippen molar-refractivity contribution < 1.29 is 28.5 Å². The summed E-state index contributed by atoms with van der Waals surface area (Å²) in [5, 5.41) is 31.3. The van der Waals surface area contributed by atoms with Gasteiger partial charge in [-0.15, -0.1) is 11.8 Å². The van der Waals surface area contributed by atoms with Crippen molar-refractivity contribution in [1.29, 1.82) is 0 Å². The predicted octanol–water partition coefficient (Wildman–Crippen LogP) is 7.57. The number of phenolic OH excluding ortho intramolecular Hbond substituents is 1. The molecule has 0 saturated heterocycles. The number of carbonyl (C=O) groups excluding carboxylic acids is 1. The number of methoxy groups -OCH3 is 1. The molecule has 6 rings (SSSR count). The lowest BCUT2D eigenvalue weighted by Crippen LogP contribution is -2.12. The van der Waals surface area contributed by atoms with E-state index in [-0.39, 0.29) is 23.1 Å². The van der Waals surface area contributed by atoms with Crippen LogP contribution in [0.15, 0.2) is 42.5 Å². The molecule has 3 heterocycles. The second-order valence-electron chi connectivity index (χ2n) is 12.4. The van der Waals surface area contributed by atoms with E-state index in [0.717, 1.165) is 56.4 Å². The topological polar surface area (TPSA) is 107 Å². The van der Waals surface area contributed by atoms with E-state index in [9.17, 15) is 23.8 Å². The average Bonchev–Trinajstić information content (AvgIpc) is 3.69. The lowest BCUT2D eigenvalue weighted by atomic mass is 9.97. The third-order valence-electron chi connectivity index (χ3n) is 9.24. The summed E-state index contributed by atoms with van der Waals surface area (Å²) in [4.78, 5) is 13.0. The van der Waals surface area contributed by atoms with Gasteiger partial charge >= 0.3 is 5.97 Å². The lowest BCUT2D eigenvalue weighted by Gasteiger charge is -2.11. The van der Waals surface area contributed by atoms with E-state index in [1.54, 1.807) is 23.9 Å². The van der Waals surface area contributed by atoms with Crippen molar-refractivity contribution in [2.24, 2.45) is 14.1 Å². The number of aromatic hydroxyl groups is 1. The van der Waals surface area contributed by atoms with Gasteiger partial charge in [-0.05, 0) is 86.7 Å². The molecule has 0 unspecified atom stereocenters. The SMILES string of the molecule is COC(=O)c1c(C)c2c(-c3c(CSCc4cc(CCc5cc(O)c6ccc(F)c(F)c6c5)n(C)n4)nn(C)c3C)c(Cl)ccc2n1CCCO. The number of aromatic nitrogens is 5. The van der Waals surface area contributed by atoms with Gasteiger partial charge in [0.2, 0.25) is 0 Å². The number of halogens is 3. The van der Waals surface area contributed by atoms with Crippen LogP contribution < -0.4 is 0 Å². The highest BCUT2D eigenvalue weighted by molar-refractivity contribution is 7.97. The molecule has 0 radical (unpaired) electrons. The second kappa shape index (κ2) is 14.5. The van der Waals surface area contributed by atoms with Crippen LogP contribution in [0.1, 0.15) is 50.8 Å². The Kier molecular flexibility index (Phi) is 10.2. The van der Waals surface area contributed by atoms with Crippen LogP contribution in [0.2, 0.25) is 5.02 Å². The highest BCUT2D eigenvalue weighted by Crippen LogP contribution is 2.43. The van der Waals surface area contributed by atoms with Crippen molar-refractivity contribution in [3.8, 4) is 16.9 Å². The van der Waals surface area contributed by atoms with Crippen molar-refractivity contribution in [3.05, 3.63) is 98.7 Å². The van der Waals surface area contributed by atoms with Gasteiger partial charge in [-0.1, -0.05) is 11.6 Å². The molecule has 0 saturated carbocycles. The molecule has 0 spiro atoms. The van der Waals surface area contributed by atoms with Crippen molar-refractivity contribution in [1.82, 2.24) is 24.1 Å². The van der Waals surface area contributed by atoms with E-state index < -0.39 is 17.6 Å². The number of fused-ring (bicyclic) bond motifs is 2. The number of nitrogens with zero attached hydrogens (tertiary/aromatic N) is 5. The number of carbonyl (C=O) groups is 1. The maximum atomic E-state index is 14.4. The summed E-state index contributed by atoms with van der Waals surface area (Å²) in [5.41, 5.74) is 8.05. The number of benzene rings is 3. The molecule has 0 amide bonds. The standard InChI is InChI=1S/C37H38ClF2N5O4S/c1-20-32-30(45(13-6-14-46)36(20)37(48)49-5)12-10-27(38)34(32)33-21(2)43(3)42-29(33)19-50-18-23-17-24(44(4)41-23)8-7-22-15-26-25(31(47)16-22)9-11-28(39)35(26)40/h9-12,15-17,46-47H,6-8,13-14,18-19H2,1-5H3. The molecule has 9 nitrogen and oxygen atoms in total. The summed E-state index contributed by atoms with van der Waals surface area (Å²) in [5.74, 6) is -1.27. The number of aliphatic hydroxyl groups excluding tert-OH is 1. The zero-order valence-electron chi connectivity index (χ0n) is 28.5. The number of aryl methyl sites for hydroxylation is 6. The fourth-order valence-corrected chi connectivity index (χ4v) is 7.84. The van der Waals surface area contributed by atoms with Gasteiger partial charge < -0.3 is 19.5 Å². The van der Waals surface area contributed by atoms with Gasteiger partial charge in [0.1, 0.15) is 11.4 Å². The molecule has 13 heteroatoms. The van der Waals surface area contributed by atoms with Gasteiger partial charge in [0, 0.05) is 88.0 Å². The number of ether oxygens (including phenoxy) is 1. The number of hydrogen-bond acceptors (Lipinski definition) is 7. The first-order chi connectivity index (χ1) is 23.9. The summed E-state index contributed by atoms with van der Waals surface area (Å²) in [6.45, 7) is 4.31. The minimum atomic E-state index is -0.970. The van der Waals surface area contributed by atoms with Crippen LogP contribution in [0.3, 0.4) is 0 Å². The smallest absolute Gasteiger partial charge is 0.354 e. The molecule has 2 N–H and O–H groups in total. The van der Waals surface area contributed by atoms with Gasteiger partial charge in [0.25, 0.3) is 0 Å². The first-order valence-corrected chi connectivity index (χ1v) is 17.7. The van der Waals surface area contributed by atoms with Crippen LogP contribution in [0.5, 0.6) is 5.75 Å². The zero-order chi connectivity index (χ0) is 35.9. The van der Waals surface area contributed by atoms with E-state index in [1.807, 2.05) is 60.1 Å². The molecule has 0 atom stereocenters. The molecular weight excluding hydrogens is 684 g/mol. The summed E-state index contributed by atoms with van der Waals surface area (Å²) in [6.07, 6.45) is 1.57. The number of hydrogen-bond donors (Lipinski definition) is 2. The quantitative estimate of drug-likeness (QED) is 0.126. The Morgan fingerprint density at radius 1 is 0.980 bits per heavy atom. The van der Waals surface area contributed by atoms with Crippen LogP contribution >= 0.6 is 23.4 Å². The third-order valence-corrected chi connectivity index (χ3v) is 10.5. The van der Waals surface area contributed by atoms with Gasteiger partial charge in [0.05, 0.1) is 18.5 Å². The fourth-order valence-electron chi connectivity index (χ4n) is 6.74. The molecule has 3 aromatic heterocycles. The fraction of sp³-hybridized carbons (Fsp3) is 0.324. The Balaban J connectivity index is 1.24. The average molecular weight is 722 g/mol. The van der Waals surface area contributed by atoms with Crippen LogP contribution in [0, 0.1) is 25.5 Å². The first kappa shape index (κ1) is 35.4. The second-order valence-corrected chi connectivity index (χ2v) is 13.7. The summed E-state index contributed by atoms with van der Waals surface area (Å²) < 4.78 is 39.0. The highest BCUT2D eigenvalue weighted by atomic mass is 35.5.